The van der Waals surface area contributed by atoms with Crippen LogP contribution in [0.4, 0.5) is 5.69 Å². The molecule has 0 saturated carbocycles. The van der Waals surface area contributed by atoms with E-state index in [1.54, 1.807) is 0 Å². The van der Waals surface area contributed by atoms with Crippen LogP contribution >= 0.6 is 0 Å². The number of amides is 2. The van der Waals surface area contributed by atoms with Crippen LogP contribution in [0.15, 0.2) is 12.1 Å². The van der Waals surface area contributed by atoms with Crippen LogP contribution in [-0.4, -0.2) is 62.8 Å². The van der Waals surface area contributed by atoms with Gasteiger partial charge in [0.2, 0.25) is 11.8 Å². The molecular weight excluding hydrogens is 366 g/mol. The molecule has 1 aromatic carbocycles. The zero-order valence-electron chi connectivity index (χ0n) is 16.7. The number of carbonyl (C=O) groups is 2. The second-order valence-electron chi connectivity index (χ2n) is 7.50. The van der Waals surface area contributed by atoms with E-state index in [1.807, 2.05) is 32.9 Å². The van der Waals surface area contributed by atoms with Gasteiger partial charge in [-0.15, -0.1) is 0 Å². The maximum Gasteiger partial charge on any atom is 0.244 e. The number of hydrogen-bond donors (Lipinski definition) is 2. The van der Waals surface area contributed by atoms with Gasteiger partial charge < -0.3 is 15.5 Å². The number of nitrogens with zero attached hydrogens (tertiary/aromatic N) is 1. The molecule has 1 aliphatic rings. The zero-order valence-corrected chi connectivity index (χ0v) is 17.5. The summed E-state index contributed by atoms with van der Waals surface area (Å²) in [6.45, 7) is 6.54. The van der Waals surface area contributed by atoms with Gasteiger partial charge in [-0.05, 0) is 57.8 Å². The number of piperidine rings is 1. The Morgan fingerprint density at radius 3 is 2.15 bits per heavy atom. The number of carbonyl (C=O) groups excluding carboxylic acids is 2. The molecule has 1 aromatic rings. The van der Waals surface area contributed by atoms with E-state index in [2.05, 4.69) is 10.6 Å². The largest absolute Gasteiger partial charge is 0.335 e. The average Bonchev–Trinajstić information content (AvgIpc) is 2.57. The first-order valence-electron chi connectivity index (χ1n) is 9.01. The topological polar surface area (TPSA) is 95.6 Å². The number of anilines is 1. The summed E-state index contributed by atoms with van der Waals surface area (Å²) >= 11 is 0. The van der Waals surface area contributed by atoms with Gasteiger partial charge >= 0.3 is 0 Å². The van der Waals surface area contributed by atoms with Gasteiger partial charge in [0.15, 0.2) is 14.6 Å². The molecule has 0 aromatic heterocycles. The van der Waals surface area contributed by atoms with Crippen LogP contribution in [0.25, 0.3) is 0 Å². The van der Waals surface area contributed by atoms with Crippen molar-refractivity contribution in [3.05, 3.63) is 28.8 Å². The zero-order chi connectivity index (χ0) is 20.4. The number of benzene rings is 1. The summed E-state index contributed by atoms with van der Waals surface area (Å²) in [5.41, 5.74) is 3.73. The number of hydrogen-bond acceptors (Lipinski definition) is 5. The van der Waals surface area contributed by atoms with Crippen LogP contribution in [-0.2, 0) is 19.4 Å². The maximum absolute atomic E-state index is 13.0. The fourth-order valence-corrected chi connectivity index (χ4v) is 5.18. The van der Waals surface area contributed by atoms with Gasteiger partial charge in [-0.3, -0.25) is 9.59 Å². The molecule has 7 nitrogen and oxygen atoms in total. The van der Waals surface area contributed by atoms with Crippen LogP contribution in [0.1, 0.15) is 29.5 Å². The van der Waals surface area contributed by atoms with E-state index in [0.29, 0.717) is 13.1 Å². The monoisotopic (exact) mass is 395 g/mol. The smallest absolute Gasteiger partial charge is 0.244 e. The Morgan fingerprint density at radius 1 is 1.15 bits per heavy atom. The molecule has 2 amide bonds. The summed E-state index contributed by atoms with van der Waals surface area (Å²) < 4.78 is 23.3. The number of rotatable bonds is 5. The van der Waals surface area contributed by atoms with Crippen molar-refractivity contribution < 1.29 is 18.0 Å². The third kappa shape index (κ3) is 4.50. The van der Waals surface area contributed by atoms with Gasteiger partial charge in [0.1, 0.15) is 0 Å². The second kappa shape index (κ2) is 7.98. The third-order valence-corrected chi connectivity index (χ3v) is 7.18. The van der Waals surface area contributed by atoms with Crippen LogP contribution in [0, 0.1) is 20.8 Å². The molecule has 0 bridgehead atoms. The number of likely N-dealkylation sites (N-methyl/N-ethyl adjacent to an activating group) is 1. The Hall–Kier alpha value is -1.93. The van der Waals surface area contributed by atoms with E-state index < -0.39 is 20.5 Å². The molecule has 8 heteroatoms. The van der Waals surface area contributed by atoms with Gasteiger partial charge in [0, 0.05) is 19.0 Å². The Morgan fingerprint density at radius 2 is 1.67 bits per heavy atom. The summed E-state index contributed by atoms with van der Waals surface area (Å²) in [5.74, 6) is -0.863. The highest BCUT2D eigenvalue weighted by atomic mass is 32.2. The van der Waals surface area contributed by atoms with Gasteiger partial charge in [-0.1, -0.05) is 17.7 Å². The Bertz CT molecular complexity index is 820. The molecule has 0 radical (unpaired) electrons. The lowest BCUT2D eigenvalue weighted by Crippen LogP contribution is -2.58. The Labute approximate surface area is 161 Å². The lowest BCUT2D eigenvalue weighted by molar-refractivity contribution is -0.136. The van der Waals surface area contributed by atoms with Crippen LogP contribution in [0.5, 0.6) is 0 Å². The van der Waals surface area contributed by atoms with E-state index in [0.717, 1.165) is 28.6 Å². The average molecular weight is 396 g/mol. The van der Waals surface area contributed by atoms with Crippen LogP contribution in [0.2, 0.25) is 0 Å². The minimum Gasteiger partial charge on any atom is -0.335 e. The van der Waals surface area contributed by atoms with E-state index in [-0.39, 0.29) is 25.3 Å². The SMILES string of the molecule is Cc1cc(C)c(NC(=O)CN(C)C(=O)C2(S(C)(=O)=O)CCNCC2)c(C)c1. The van der Waals surface area contributed by atoms with Crippen molar-refractivity contribution in [2.45, 2.75) is 38.4 Å². The third-order valence-electron chi connectivity index (χ3n) is 5.18. The molecule has 1 aliphatic heterocycles. The van der Waals surface area contributed by atoms with E-state index in [1.165, 1.54) is 11.9 Å². The molecule has 0 aliphatic carbocycles. The molecule has 1 saturated heterocycles. The highest BCUT2D eigenvalue weighted by Crippen LogP contribution is 2.30. The van der Waals surface area contributed by atoms with Crippen LogP contribution < -0.4 is 10.6 Å². The highest BCUT2D eigenvalue weighted by molar-refractivity contribution is 7.92. The fraction of sp³-hybridized carbons (Fsp3) is 0.579. The molecular formula is C19H29N3O4S. The highest BCUT2D eigenvalue weighted by Gasteiger charge is 2.50. The quantitative estimate of drug-likeness (QED) is 0.780. The van der Waals surface area contributed by atoms with Crippen molar-refractivity contribution in [3.8, 4) is 0 Å². The minimum absolute atomic E-state index is 0.198. The molecule has 0 spiro atoms. The van der Waals surface area contributed by atoms with Gasteiger partial charge in [0.25, 0.3) is 0 Å². The summed E-state index contributed by atoms with van der Waals surface area (Å²) in [6, 6.07) is 3.95. The standard InChI is InChI=1S/C19H29N3O4S/c1-13-10-14(2)17(15(3)11-13)21-16(23)12-22(4)18(24)19(27(5,25)26)6-8-20-9-7-19/h10-11,20H,6-9,12H2,1-5H3,(H,21,23). The van der Waals surface area contributed by atoms with Crippen molar-refractivity contribution in [1.82, 2.24) is 10.2 Å². The van der Waals surface area contributed by atoms with E-state index >= 15 is 0 Å². The van der Waals surface area contributed by atoms with Gasteiger partial charge in [0.05, 0.1) is 6.54 Å². The first-order chi connectivity index (χ1) is 12.5. The van der Waals surface area contributed by atoms with Crippen molar-refractivity contribution >= 4 is 27.3 Å². The maximum atomic E-state index is 13.0. The lowest BCUT2D eigenvalue weighted by Gasteiger charge is -2.37. The molecule has 1 heterocycles. The molecule has 0 unspecified atom stereocenters. The van der Waals surface area contributed by atoms with Crippen molar-refractivity contribution in [1.29, 1.82) is 0 Å². The normalized spacial score (nSPS) is 16.6. The van der Waals surface area contributed by atoms with Crippen molar-refractivity contribution in [3.63, 3.8) is 0 Å². The lowest BCUT2D eigenvalue weighted by atomic mass is 9.95. The number of aryl methyl sites for hydroxylation is 3. The van der Waals surface area contributed by atoms with Gasteiger partial charge in [-0.2, -0.15) is 0 Å². The summed E-state index contributed by atoms with van der Waals surface area (Å²) in [7, 11) is -2.13. The van der Waals surface area contributed by atoms with Crippen molar-refractivity contribution in [2.75, 3.05) is 38.3 Å². The molecule has 27 heavy (non-hydrogen) atoms. The predicted octanol–water partition coefficient (Wildman–Crippen LogP) is 1.18. The molecule has 0 atom stereocenters. The van der Waals surface area contributed by atoms with E-state index in [9.17, 15) is 18.0 Å². The Balaban J connectivity index is 2.15. The molecule has 2 N–H and O–H groups in total. The molecule has 1 fully saturated rings. The first-order valence-corrected chi connectivity index (χ1v) is 10.9. The number of sulfone groups is 1. The summed E-state index contributed by atoms with van der Waals surface area (Å²) in [5, 5.41) is 5.93. The van der Waals surface area contributed by atoms with Gasteiger partial charge in [-0.25, -0.2) is 8.42 Å². The number of nitrogens with one attached hydrogen (secondary N) is 2. The summed E-state index contributed by atoms with van der Waals surface area (Å²) in [4.78, 5) is 26.7. The predicted molar refractivity (Wildman–Crippen MR) is 107 cm³/mol. The van der Waals surface area contributed by atoms with Crippen molar-refractivity contribution in [2.24, 2.45) is 0 Å². The second-order valence-corrected chi connectivity index (χ2v) is 9.83. The minimum atomic E-state index is -3.61. The van der Waals surface area contributed by atoms with Crippen LogP contribution in [0.3, 0.4) is 0 Å². The summed E-state index contributed by atoms with van der Waals surface area (Å²) in [6.07, 6.45) is 1.53. The molecule has 2 rings (SSSR count). The fourth-order valence-electron chi connectivity index (χ4n) is 3.77. The van der Waals surface area contributed by atoms with E-state index in [4.69, 9.17) is 0 Å². The molecule has 150 valence electrons. The first kappa shape index (κ1) is 21.4. The Kier molecular flexibility index (Phi) is 6.32.